The van der Waals surface area contributed by atoms with Crippen LogP contribution >= 0.6 is 0 Å². The van der Waals surface area contributed by atoms with Crippen LogP contribution in [0, 0.1) is 0 Å². The van der Waals surface area contributed by atoms with Crippen LogP contribution in [0.15, 0.2) is 67.1 Å². The smallest absolute Gasteiger partial charge is 0.272 e. The summed E-state index contributed by atoms with van der Waals surface area (Å²) in [6, 6.07) is 17.0. The summed E-state index contributed by atoms with van der Waals surface area (Å²) in [6.45, 7) is 0.860. The van der Waals surface area contributed by atoms with Gasteiger partial charge < -0.3 is 14.4 Å². The molecule has 0 N–H and O–H groups in total. The first-order chi connectivity index (χ1) is 12.7. The minimum Gasteiger partial charge on any atom is -0.497 e. The molecule has 0 aliphatic carbocycles. The quantitative estimate of drug-likeness (QED) is 0.657. The van der Waals surface area contributed by atoms with Crippen LogP contribution in [0.5, 0.6) is 11.5 Å². The van der Waals surface area contributed by atoms with E-state index in [9.17, 15) is 4.79 Å². The lowest BCUT2D eigenvalue weighted by Crippen LogP contribution is -2.32. The van der Waals surface area contributed by atoms with Crippen LogP contribution in [0.3, 0.4) is 0 Å². The molecule has 0 spiro atoms. The predicted octanol–water partition coefficient (Wildman–Crippen LogP) is 3.03. The zero-order valence-electron chi connectivity index (χ0n) is 14.8. The predicted molar refractivity (Wildman–Crippen MR) is 99.0 cm³/mol. The zero-order valence-corrected chi connectivity index (χ0v) is 14.8. The Morgan fingerprint density at radius 1 is 1.08 bits per heavy atom. The molecule has 0 saturated heterocycles. The van der Waals surface area contributed by atoms with Crippen molar-refractivity contribution in [3.63, 3.8) is 0 Å². The molecule has 6 heteroatoms. The maximum Gasteiger partial charge on any atom is 0.272 e. The first-order valence-corrected chi connectivity index (χ1v) is 8.29. The maximum atomic E-state index is 12.7. The fraction of sp³-hybridized carbons (Fsp3) is 0.200. The van der Waals surface area contributed by atoms with E-state index in [-0.39, 0.29) is 5.91 Å². The monoisotopic (exact) mass is 351 g/mol. The van der Waals surface area contributed by atoms with Gasteiger partial charge in [-0.1, -0.05) is 18.2 Å². The molecule has 0 aliphatic rings. The molecule has 134 valence electrons. The lowest BCUT2D eigenvalue weighted by molar-refractivity contribution is 0.0766. The van der Waals surface area contributed by atoms with Crippen LogP contribution in [0.2, 0.25) is 0 Å². The molecule has 3 aromatic rings. The largest absolute Gasteiger partial charge is 0.497 e. The lowest BCUT2D eigenvalue weighted by atomic mass is 10.3. The van der Waals surface area contributed by atoms with E-state index in [1.807, 2.05) is 54.6 Å². The summed E-state index contributed by atoms with van der Waals surface area (Å²) in [4.78, 5) is 18.5. The van der Waals surface area contributed by atoms with Crippen molar-refractivity contribution in [2.24, 2.45) is 0 Å². The second-order valence-corrected chi connectivity index (χ2v) is 5.74. The number of hydrogen-bond acceptors (Lipinski definition) is 4. The summed E-state index contributed by atoms with van der Waals surface area (Å²) >= 11 is 0. The molecule has 0 saturated carbocycles. The minimum absolute atomic E-state index is 0.107. The summed E-state index contributed by atoms with van der Waals surface area (Å²) in [7, 11) is 3.37. The average Bonchev–Trinajstić information content (AvgIpc) is 3.18. The molecular formula is C20H21N3O3. The Hall–Kier alpha value is -3.28. The highest BCUT2D eigenvalue weighted by atomic mass is 16.5. The van der Waals surface area contributed by atoms with Crippen LogP contribution < -0.4 is 9.47 Å². The van der Waals surface area contributed by atoms with E-state index in [2.05, 4.69) is 4.98 Å². The fourth-order valence-corrected chi connectivity index (χ4v) is 2.52. The first-order valence-electron chi connectivity index (χ1n) is 8.29. The van der Waals surface area contributed by atoms with Gasteiger partial charge in [-0.25, -0.2) is 4.98 Å². The first kappa shape index (κ1) is 17.5. The SMILES string of the molecule is COc1ccc(OCCN(C)C(=O)c2cncn2-c2ccccc2)cc1. The van der Waals surface area contributed by atoms with E-state index in [1.54, 1.807) is 36.1 Å². The molecular weight excluding hydrogens is 330 g/mol. The normalized spacial score (nSPS) is 10.4. The molecule has 2 aromatic carbocycles. The van der Waals surface area contributed by atoms with Crippen LogP contribution in [-0.2, 0) is 0 Å². The van der Waals surface area contributed by atoms with E-state index in [0.717, 1.165) is 17.2 Å². The number of ether oxygens (including phenoxy) is 2. The molecule has 0 unspecified atom stereocenters. The fourth-order valence-electron chi connectivity index (χ4n) is 2.52. The Bertz CT molecular complexity index is 844. The van der Waals surface area contributed by atoms with Gasteiger partial charge in [-0.3, -0.25) is 9.36 Å². The third-order valence-corrected chi connectivity index (χ3v) is 3.99. The van der Waals surface area contributed by atoms with E-state index in [4.69, 9.17) is 9.47 Å². The summed E-state index contributed by atoms with van der Waals surface area (Å²) in [5.41, 5.74) is 1.42. The Balaban J connectivity index is 1.59. The summed E-state index contributed by atoms with van der Waals surface area (Å²) < 4.78 is 12.6. The van der Waals surface area contributed by atoms with E-state index >= 15 is 0 Å². The third-order valence-electron chi connectivity index (χ3n) is 3.99. The maximum absolute atomic E-state index is 12.7. The Labute approximate surface area is 152 Å². The highest BCUT2D eigenvalue weighted by Gasteiger charge is 2.17. The van der Waals surface area contributed by atoms with Crippen LogP contribution in [0.4, 0.5) is 0 Å². The number of rotatable bonds is 7. The van der Waals surface area contributed by atoms with Gasteiger partial charge in [-0.15, -0.1) is 0 Å². The number of aromatic nitrogens is 2. The number of hydrogen-bond donors (Lipinski definition) is 0. The number of likely N-dealkylation sites (N-methyl/N-ethyl adjacent to an activating group) is 1. The highest BCUT2D eigenvalue weighted by Crippen LogP contribution is 2.17. The van der Waals surface area contributed by atoms with E-state index in [0.29, 0.717) is 18.8 Å². The molecule has 3 rings (SSSR count). The number of benzene rings is 2. The van der Waals surface area contributed by atoms with Gasteiger partial charge in [0.1, 0.15) is 23.8 Å². The molecule has 0 atom stereocenters. The third kappa shape index (κ3) is 4.03. The standard InChI is InChI=1S/C20H21N3O3/c1-22(12-13-26-18-10-8-17(25-2)9-11-18)20(24)19-14-21-15-23(19)16-6-4-3-5-7-16/h3-11,14-15H,12-13H2,1-2H3. The number of carbonyl (C=O) groups excluding carboxylic acids is 1. The average molecular weight is 351 g/mol. The molecule has 1 heterocycles. The van der Waals surface area contributed by atoms with Gasteiger partial charge >= 0.3 is 0 Å². The number of imidazole rings is 1. The zero-order chi connectivity index (χ0) is 18.4. The molecule has 26 heavy (non-hydrogen) atoms. The second kappa shape index (κ2) is 8.20. The topological polar surface area (TPSA) is 56.6 Å². The number of amides is 1. The van der Waals surface area contributed by atoms with Gasteiger partial charge in [0.25, 0.3) is 5.91 Å². The minimum atomic E-state index is -0.107. The Morgan fingerprint density at radius 3 is 2.46 bits per heavy atom. The lowest BCUT2D eigenvalue weighted by Gasteiger charge is -2.18. The molecule has 6 nitrogen and oxygen atoms in total. The van der Waals surface area contributed by atoms with Crippen LogP contribution in [-0.4, -0.2) is 47.7 Å². The van der Waals surface area contributed by atoms with Crippen LogP contribution in [0.1, 0.15) is 10.5 Å². The molecule has 0 fully saturated rings. The summed E-state index contributed by atoms with van der Waals surface area (Å²) in [5.74, 6) is 1.41. The Morgan fingerprint density at radius 2 is 1.77 bits per heavy atom. The summed E-state index contributed by atoms with van der Waals surface area (Å²) in [6.07, 6.45) is 3.22. The molecule has 0 aliphatic heterocycles. The van der Waals surface area contributed by atoms with Gasteiger partial charge in [0.2, 0.25) is 0 Å². The van der Waals surface area contributed by atoms with Crippen molar-refractivity contribution in [2.45, 2.75) is 0 Å². The van der Waals surface area contributed by atoms with Gasteiger partial charge in [-0.05, 0) is 36.4 Å². The number of nitrogens with zero attached hydrogens (tertiary/aromatic N) is 3. The van der Waals surface area contributed by atoms with Crippen molar-refractivity contribution >= 4 is 5.91 Å². The molecule has 0 radical (unpaired) electrons. The van der Waals surface area contributed by atoms with Crippen molar-refractivity contribution in [2.75, 3.05) is 27.3 Å². The van der Waals surface area contributed by atoms with Gasteiger partial charge in [0.05, 0.1) is 26.2 Å². The molecule has 0 bridgehead atoms. The van der Waals surface area contributed by atoms with Crippen molar-refractivity contribution in [3.05, 3.63) is 72.8 Å². The van der Waals surface area contributed by atoms with Crippen molar-refractivity contribution in [3.8, 4) is 17.2 Å². The summed E-state index contributed by atoms with van der Waals surface area (Å²) in [5, 5.41) is 0. The van der Waals surface area contributed by atoms with E-state index in [1.165, 1.54) is 0 Å². The van der Waals surface area contributed by atoms with Gasteiger partial charge in [0, 0.05) is 12.7 Å². The molecule has 1 aromatic heterocycles. The van der Waals surface area contributed by atoms with Crippen LogP contribution in [0.25, 0.3) is 5.69 Å². The molecule has 1 amide bonds. The van der Waals surface area contributed by atoms with E-state index < -0.39 is 0 Å². The second-order valence-electron chi connectivity index (χ2n) is 5.74. The van der Waals surface area contributed by atoms with Crippen molar-refractivity contribution in [1.82, 2.24) is 14.5 Å². The van der Waals surface area contributed by atoms with Crippen molar-refractivity contribution in [1.29, 1.82) is 0 Å². The van der Waals surface area contributed by atoms with Crippen molar-refractivity contribution < 1.29 is 14.3 Å². The number of para-hydroxylation sites is 1. The number of carbonyl (C=O) groups is 1. The Kier molecular flexibility index (Phi) is 5.53. The van der Waals surface area contributed by atoms with Gasteiger partial charge in [0.15, 0.2) is 0 Å². The number of methoxy groups -OCH3 is 1. The highest BCUT2D eigenvalue weighted by molar-refractivity contribution is 5.92. The van der Waals surface area contributed by atoms with Gasteiger partial charge in [-0.2, -0.15) is 0 Å².